The molecule has 2 aromatic carbocycles. The summed E-state index contributed by atoms with van der Waals surface area (Å²) >= 11 is 0. The Labute approximate surface area is 106 Å². The number of carbonyl (C=O) groups is 1. The van der Waals surface area contributed by atoms with E-state index in [4.69, 9.17) is 0 Å². The lowest BCUT2D eigenvalue weighted by Gasteiger charge is -2.06. The van der Waals surface area contributed by atoms with Gasteiger partial charge in [-0.2, -0.15) is 0 Å². The van der Waals surface area contributed by atoms with Gasteiger partial charge < -0.3 is 0 Å². The van der Waals surface area contributed by atoms with Crippen LogP contribution in [0.15, 0.2) is 36.4 Å². The third-order valence-corrected chi connectivity index (χ3v) is 2.64. The summed E-state index contributed by atoms with van der Waals surface area (Å²) in [5, 5.41) is 0. The summed E-state index contributed by atoms with van der Waals surface area (Å²) in [5.74, 6) is -4.97. The first-order valence-corrected chi connectivity index (χ1v) is 5.41. The maximum Gasteiger partial charge on any atom is 0.173 e. The predicted octanol–water partition coefficient (Wildman–Crippen LogP) is 3.67. The molecule has 0 atom stereocenters. The first-order chi connectivity index (χ1) is 9.00. The fourth-order valence-corrected chi connectivity index (χ4v) is 1.71. The topological polar surface area (TPSA) is 17.1 Å². The van der Waals surface area contributed by atoms with E-state index in [1.54, 1.807) is 0 Å². The second-order valence-electron chi connectivity index (χ2n) is 3.90. The average Bonchev–Trinajstić information content (AvgIpc) is 2.34. The van der Waals surface area contributed by atoms with Crippen molar-refractivity contribution >= 4 is 5.78 Å². The number of hydrogen-bond acceptors (Lipinski definition) is 1. The largest absolute Gasteiger partial charge is 0.294 e. The van der Waals surface area contributed by atoms with Gasteiger partial charge in [-0.1, -0.05) is 12.1 Å². The highest BCUT2D eigenvalue weighted by atomic mass is 19.1. The molecule has 0 aliphatic heterocycles. The molecule has 0 radical (unpaired) electrons. The van der Waals surface area contributed by atoms with E-state index in [1.165, 1.54) is 0 Å². The molecule has 0 aliphatic rings. The van der Waals surface area contributed by atoms with Gasteiger partial charge in [-0.05, 0) is 24.3 Å². The van der Waals surface area contributed by atoms with E-state index >= 15 is 0 Å². The van der Waals surface area contributed by atoms with E-state index in [0.717, 1.165) is 36.4 Å². The van der Waals surface area contributed by atoms with E-state index in [1.807, 2.05) is 0 Å². The third-order valence-electron chi connectivity index (χ3n) is 2.64. The van der Waals surface area contributed by atoms with Crippen LogP contribution in [0.1, 0.15) is 15.9 Å². The normalized spacial score (nSPS) is 10.5. The van der Waals surface area contributed by atoms with Crippen molar-refractivity contribution in [3.63, 3.8) is 0 Å². The second kappa shape index (κ2) is 5.22. The van der Waals surface area contributed by atoms with Crippen LogP contribution >= 0.6 is 0 Å². The molecule has 0 bridgehead atoms. The molecule has 0 aliphatic carbocycles. The lowest BCUT2D eigenvalue weighted by molar-refractivity contribution is 0.0982. The zero-order valence-electron chi connectivity index (χ0n) is 9.59. The van der Waals surface area contributed by atoms with E-state index < -0.39 is 46.6 Å². The standard InChI is InChI=1S/C14H8F4O/c15-9-3-1-4-10(16)8(9)7-13(19)14-11(17)5-2-6-12(14)18/h1-6H,7H2. The van der Waals surface area contributed by atoms with Crippen LogP contribution < -0.4 is 0 Å². The molecule has 0 N–H and O–H groups in total. The quantitative estimate of drug-likeness (QED) is 0.613. The first-order valence-electron chi connectivity index (χ1n) is 5.41. The zero-order chi connectivity index (χ0) is 14.0. The highest BCUT2D eigenvalue weighted by Gasteiger charge is 2.20. The Balaban J connectivity index is 2.37. The molecule has 0 saturated heterocycles. The predicted molar refractivity (Wildman–Crippen MR) is 60.8 cm³/mol. The Hall–Kier alpha value is -2.17. The number of rotatable bonds is 3. The zero-order valence-corrected chi connectivity index (χ0v) is 9.59. The lowest BCUT2D eigenvalue weighted by atomic mass is 10.0. The summed E-state index contributed by atoms with van der Waals surface area (Å²) in [4.78, 5) is 11.7. The molecular weight excluding hydrogens is 260 g/mol. The molecule has 0 saturated carbocycles. The van der Waals surface area contributed by atoms with Crippen LogP contribution in [0.3, 0.4) is 0 Å². The highest BCUT2D eigenvalue weighted by molar-refractivity contribution is 5.98. The molecule has 0 heterocycles. The molecule has 1 nitrogen and oxygen atoms in total. The maximum atomic E-state index is 13.4. The molecule has 0 spiro atoms. The number of benzene rings is 2. The third kappa shape index (κ3) is 2.65. The van der Waals surface area contributed by atoms with Crippen molar-refractivity contribution in [1.82, 2.24) is 0 Å². The van der Waals surface area contributed by atoms with Crippen LogP contribution in [0, 0.1) is 23.3 Å². The van der Waals surface area contributed by atoms with Crippen LogP contribution in [0.5, 0.6) is 0 Å². The summed E-state index contributed by atoms with van der Waals surface area (Å²) < 4.78 is 53.4. The van der Waals surface area contributed by atoms with Gasteiger partial charge in [-0.3, -0.25) is 4.79 Å². The van der Waals surface area contributed by atoms with Crippen molar-refractivity contribution in [2.75, 3.05) is 0 Å². The minimum Gasteiger partial charge on any atom is -0.294 e. The highest BCUT2D eigenvalue weighted by Crippen LogP contribution is 2.18. The smallest absolute Gasteiger partial charge is 0.173 e. The fourth-order valence-electron chi connectivity index (χ4n) is 1.71. The first kappa shape index (κ1) is 13.3. The summed E-state index contributed by atoms with van der Waals surface area (Å²) in [6, 6.07) is 6.02. The van der Waals surface area contributed by atoms with Crippen molar-refractivity contribution in [1.29, 1.82) is 0 Å². The van der Waals surface area contributed by atoms with Crippen molar-refractivity contribution in [3.05, 3.63) is 70.8 Å². The van der Waals surface area contributed by atoms with E-state index in [9.17, 15) is 22.4 Å². The number of halogens is 4. The van der Waals surface area contributed by atoms with Gasteiger partial charge in [0.15, 0.2) is 5.78 Å². The SMILES string of the molecule is O=C(Cc1c(F)cccc1F)c1c(F)cccc1F. The summed E-state index contributed by atoms with van der Waals surface area (Å²) in [7, 11) is 0. The molecule has 0 amide bonds. The van der Waals surface area contributed by atoms with Gasteiger partial charge in [0, 0.05) is 12.0 Å². The minimum atomic E-state index is -1.05. The van der Waals surface area contributed by atoms with Crippen molar-refractivity contribution in [3.8, 4) is 0 Å². The van der Waals surface area contributed by atoms with Crippen LogP contribution in [0.2, 0.25) is 0 Å². The molecule has 2 aromatic rings. The summed E-state index contributed by atoms with van der Waals surface area (Å²) in [6.45, 7) is 0. The van der Waals surface area contributed by atoms with Gasteiger partial charge in [0.25, 0.3) is 0 Å². The Morgan fingerprint density at radius 1 is 0.789 bits per heavy atom. The Bertz CT molecular complexity index is 597. The molecule has 98 valence electrons. The van der Waals surface area contributed by atoms with Gasteiger partial charge >= 0.3 is 0 Å². The van der Waals surface area contributed by atoms with Crippen molar-refractivity contribution in [2.24, 2.45) is 0 Å². The van der Waals surface area contributed by atoms with Gasteiger partial charge in [0.2, 0.25) is 0 Å². The van der Waals surface area contributed by atoms with Gasteiger partial charge in [0.1, 0.15) is 23.3 Å². The molecule has 0 fully saturated rings. The van der Waals surface area contributed by atoms with Gasteiger partial charge in [-0.25, -0.2) is 17.6 Å². The Morgan fingerprint density at radius 2 is 1.21 bits per heavy atom. The average molecular weight is 268 g/mol. The molecule has 5 heteroatoms. The van der Waals surface area contributed by atoms with E-state index in [0.29, 0.717) is 0 Å². The van der Waals surface area contributed by atoms with E-state index in [-0.39, 0.29) is 0 Å². The number of carbonyl (C=O) groups excluding carboxylic acids is 1. The summed E-state index contributed by atoms with van der Waals surface area (Å²) in [6.07, 6.45) is -0.740. The molecule has 19 heavy (non-hydrogen) atoms. The molecule has 0 unspecified atom stereocenters. The van der Waals surface area contributed by atoms with E-state index in [2.05, 4.69) is 0 Å². The Kier molecular flexibility index (Phi) is 3.64. The van der Waals surface area contributed by atoms with Gasteiger partial charge in [0.05, 0.1) is 5.56 Å². The Morgan fingerprint density at radius 3 is 1.68 bits per heavy atom. The number of Topliss-reactive ketones (excluding diaryl/α,β-unsaturated/α-hetero) is 1. The van der Waals surface area contributed by atoms with Crippen LogP contribution in [-0.4, -0.2) is 5.78 Å². The minimum absolute atomic E-state index is 0.504. The van der Waals surface area contributed by atoms with Crippen molar-refractivity contribution < 1.29 is 22.4 Å². The van der Waals surface area contributed by atoms with Crippen LogP contribution in [0.4, 0.5) is 17.6 Å². The van der Waals surface area contributed by atoms with Crippen LogP contribution in [0.25, 0.3) is 0 Å². The fraction of sp³-hybridized carbons (Fsp3) is 0.0714. The second-order valence-corrected chi connectivity index (χ2v) is 3.90. The monoisotopic (exact) mass is 268 g/mol. The number of ketones is 1. The maximum absolute atomic E-state index is 13.4. The lowest BCUT2D eigenvalue weighted by Crippen LogP contribution is -2.11. The van der Waals surface area contributed by atoms with Crippen molar-refractivity contribution in [2.45, 2.75) is 6.42 Å². The molecule has 2 rings (SSSR count). The molecular formula is C14H8F4O. The number of hydrogen-bond donors (Lipinski definition) is 0. The van der Waals surface area contributed by atoms with Crippen LogP contribution in [-0.2, 0) is 6.42 Å². The summed E-state index contributed by atoms with van der Waals surface area (Å²) in [5.41, 5.74) is -1.29. The van der Waals surface area contributed by atoms with Gasteiger partial charge in [-0.15, -0.1) is 0 Å². The molecule has 0 aromatic heterocycles.